The van der Waals surface area contributed by atoms with Gasteiger partial charge >= 0.3 is 0 Å². The van der Waals surface area contributed by atoms with Gasteiger partial charge in [0, 0.05) is 17.0 Å². The van der Waals surface area contributed by atoms with Crippen molar-refractivity contribution < 1.29 is 0 Å². The van der Waals surface area contributed by atoms with E-state index in [9.17, 15) is 0 Å². The van der Waals surface area contributed by atoms with Gasteiger partial charge in [-0.1, -0.05) is 11.6 Å². The van der Waals surface area contributed by atoms with E-state index in [1.807, 2.05) is 31.2 Å². The molecule has 0 aliphatic heterocycles. The zero-order valence-corrected chi connectivity index (χ0v) is 12.8. The maximum atomic E-state index is 6.21. The van der Waals surface area contributed by atoms with Gasteiger partial charge < -0.3 is 5.32 Å². The smallest absolute Gasteiger partial charge is 0.0948 e. The summed E-state index contributed by atoms with van der Waals surface area (Å²) in [4.78, 5) is 8.94. The number of anilines is 1. The van der Waals surface area contributed by atoms with Crippen LogP contribution in [0.1, 0.15) is 23.7 Å². The molecular formula is C15H14ClN3S. The fourth-order valence-electron chi connectivity index (χ4n) is 2.14. The molecule has 3 nitrogen and oxygen atoms in total. The topological polar surface area (TPSA) is 37.8 Å². The van der Waals surface area contributed by atoms with Crippen molar-refractivity contribution in [3.63, 3.8) is 0 Å². The molecule has 0 spiro atoms. The van der Waals surface area contributed by atoms with Crippen molar-refractivity contribution in [3.05, 3.63) is 51.6 Å². The molecule has 3 rings (SSSR count). The number of pyridine rings is 1. The summed E-state index contributed by atoms with van der Waals surface area (Å²) < 4.78 is 0. The second-order valence-electron chi connectivity index (χ2n) is 4.65. The van der Waals surface area contributed by atoms with E-state index in [-0.39, 0.29) is 6.04 Å². The number of rotatable bonds is 3. The minimum Gasteiger partial charge on any atom is -0.375 e. The summed E-state index contributed by atoms with van der Waals surface area (Å²) in [6.07, 6.45) is 1.78. The fourth-order valence-corrected chi connectivity index (χ4v) is 3.06. The lowest BCUT2D eigenvalue weighted by Crippen LogP contribution is -2.07. The van der Waals surface area contributed by atoms with Crippen LogP contribution in [0.15, 0.2) is 35.8 Å². The molecule has 0 saturated carbocycles. The van der Waals surface area contributed by atoms with Crippen molar-refractivity contribution in [1.29, 1.82) is 0 Å². The molecule has 20 heavy (non-hydrogen) atoms. The Bertz CT molecular complexity index is 754. The van der Waals surface area contributed by atoms with Crippen LogP contribution in [0.3, 0.4) is 0 Å². The highest BCUT2D eigenvalue weighted by molar-refractivity contribution is 7.09. The first-order valence-corrected chi connectivity index (χ1v) is 7.62. The molecule has 0 amide bonds. The number of thiazole rings is 1. The molecule has 1 unspecified atom stereocenters. The molecule has 0 fully saturated rings. The fraction of sp³-hybridized carbons (Fsp3) is 0.200. The maximum Gasteiger partial charge on any atom is 0.0948 e. The van der Waals surface area contributed by atoms with E-state index in [2.05, 4.69) is 27.6 Å². The number of benzene rings is 1. The van der Waals surface area contributed by atoms with Crippen molar-refractivity contribution >= 4 is 39.5 Å². The molecule has 0 radical (unpaired) electrons. The number of fused-ring (bicyclic) bond motifs is 1. The summed E-state index contributed by atoms with van der Waals surface area (Å²) >= 11 is 7.87. The standard InChI is InChI=1S/C15H14ClN3S/c1-9(14-8-20-10(2)19-14)18-13-6-5-12(16)11-4-3-7-17-15(11)13/h3-9,18H,1-2H3. The lowest BCUT2D eigenvalue weighted by atomic mass is 10.1. The minimum atomic E-state index is 0.131. The largest absolute Gasteiger partial charge is 0.375 e. The van der Waals surface area contributed by atoms with Crippen LogP contribution in [0.2, 0.25) is 5.02 Å². The molecule has 102 valence electrons. The van der Waals surface area contributed by atoms with Gasteiger partial charge in [0.2, 0.25) is 0 Å². The first kappa shape index (κ1) is 13.3. The predicted octanol–water partition coefficient (Wildman–Crippen LogP) is 4.83. The molecule has 1 N–H and O–H groups in total. The Morgan fingerprint density at radius 1 is 1.30 bits per heavy atom. The van der Waals surface area contributed by atoms with Gasteiger partial charge in [0.15, 0.2) is 0 Å². The van der Waals surface area contributed by atoms with Crippen molar-refractivity contribution in [2.45, 2.75) is 19.9 Å². The van der Waals surface area contributed by atoms with E-state index in [1.54, 1.807) is 17.5 Å². The second-order valence-corrected chi connectivity index (χ2v) is 6.12. The normalized spacial score (nSPS) is 12.6. The molecule has 0 aliphatic rings. The Hall–Kier alpha value is -1.65. The van der Waals surface area contributed by atoms with Gasteiger partial charge in [-0.15, -0.1) is 11.3 Å². The zero-order chi connectivity index (χ0) is 14.1. The van der Waals surface area contributed by atoms with Crippen LogP contribution in [0.4, 0.5) is 5.69 Å². The monoisotopic (exact) mass is 303 g/mol. The Labute approximate surface area is 126 Å². The number of halogens is 1. The number of hydrogen-bond acceptors (Lipinski definition) is 4. The van der Waals surface area contributed by atoms with E-state index in [0.29, 0.717) is 0 Å². The van der Waals surface area contributed by atoms with E-state index in [0.717, 1.165) is 32.3 Å². The average molecular weight is 304 g/mol. The Balaban J connectivity index is 1.97. The molecule has 2 aromatic heterocycles. The summed E-state index contributed by atoms with van der Waals surface area (Å²) in [5, 5.41) is 8.30. The first-order valence-electron chi connectivity index (χ1n) is 6.37. The first-order chi connectivity index (χ1) is 9.65. The Morgan fingerprint density at radius 3 is 2.90 bits per heavy atom. The van der Waals surface area contributed by atoms with Crippen LogP contribution in [0.25, 0.3) is 10.9 Å². The Morgan fingerprint density at radius 2 is 2.15 bits per heavy atom. The van der Waals surface area contributed by atoms with Crippen LogP contribution in [-0.4, -0.2) is 9.97 Å². The summed E-state index contributed by atoms with van der Waals surface area (Å²) in [6, 6.07) is 7.87. The van der Waals surface area contributed by atoms with E-state index in [1.165, 1.54) is 0 Å². The number of nitrogens with one attached hydrogen (secondary N) is 1. The van der Waals surface area contributed by atoms with Gasteiger partial charge in [0.25, 0.3) is 0 Å². The van der Waals surface area contributed by atoms with Crippen LogP contribution in [-0.2, 0) is 0 Å². The van der Waals surface area contributed by atoms with Crippen molar-refractivity contribution in [2.75, 3.05) is 5.32 Å². The third-order valence-electron chi connectivity index (χ3n) is 3.17. The summed E-state index contributed by atoms with van der Waals surface area (Å²) in [7, 11) is 0. The summed E-state index contributed by atoms with van der Waals surface area (Å²) in [6.45, 7) is 4.11. The third-order valence-corrected chi connectivity index (χ3v) is 4.29. The van der Waals surface area contributed by atoms with Crippen LogP contribution < -0.4 is 5.32 Å². The highest BCUT2D eigenvalue weighted by atomic mass is 35.5. The Kier molecular flexibility index (Phi) is 3.59. The number of hydrogen-bond donors (Lipinski definition) is 1. The number of aryl methyl sites for hydroxylation is 1. The van der Waals surface area contributed by atoms with Crippen molar-refractivity contribution in [3.8, 4) is 0 Å². The quantitative estimate of drug-likeness (QED) is 0.753. The molecule has 5 heteroatoms. The maximum absolute atomic E-state index is 6.21. The van der Waals surface area contributed by atoms with Gasteiger partial charge in [-0.3, -0.25) is 4.98 Å². The average Bonchev–Trinajstić information content (AvgIpc) is 2.89. The molecule has 3 aromatic rings. The van der Waals surface area contributed by atoms with Crippen LogP contribution in [0, 0.1) is 6.92 Å². The molecule has 0 aliphatic carbocycles. The SMILES string of the molecule is Cc1nc(C(C)Nc2ccc(Cl)c3cccnc23)cs1. The molecule has 2 heterocycles. The third kappa shape index (κ3) is 2.49. The van der Waals surface area contributed by atoms with E-state index in [4.69, 9.17) is 11.6 Å². The van der Waals surface area contributed by atoms with Gasteiger partial charge in [-0.2, -0.15) is 0 Å². The predicted molar refractivity (Wildman–Crippen MR) is 85.6 cm³/mol. The van der Waals surface area contributed by atoms with Crippen molar-refractivity contribution in [2.24, 2.45) is 0 Å². The molecule has 0 saturated heterocycles. The highest BCUT2D eigenvalue weighted by Gasteiger charge is 2.12. The lowest BCUT2D eigenvalue weighted by molar-refractivity contribution is 0.846. The van der Waals surface area contributed by atoms with Crippen LogP contribution >= 0.6 is 22.9 Å². The highest BCUT2D eigenvalue weighted by Crippen LogP contribution is 2.30. The van der Waals surface area contributed by atoms with Crippen molar-refractivity contribution in [1.82, 2.24) is 9.97 Å². The van der Waals surface area contributed by atoms with Gasteiger partial charge in [-0.25, -0.2) is 4.98 Å². The van der Waals surface area contributed by atoms with E-state index < -0.39 is 0 Å². The zero-order valence-electron chi connectivity index (χ0n) is 11.2. The molecular weight excluding hydrogens is 290 g/mol. The van der Waals surface area contributed by atoms with E-state index >= 15 is 0 Å². The molecule has 1 atom stereocenters. The molecule has 0 bridgehead atoms. The minimum absolute atomic E-state index is 0.131. The van der Waals surface area contributed by atoms with Gasteiger partial charge in [0.05, 0.1) is 33.0 Å². The van der Waals surface area contributed by atoms with Gasteiger partial charge in [-0.05, 0) is 38.1 Å². The number of aromatic nitrogens is 2. The van der Waals surface area contributed by atoms with Crippen LogP contribution in [0.5, 0.6) is 0 Å². The molecule has 1 aromatic carbocycles. The number of nitrogens with zero attached hydrogens (tertiary/aromatic N) is 2. The second kappa shape index (κ2) is 5.38. The van der Waals surface area contributed by atoms with Gasteiger partial charge in [0.1, 0.15) is 0 Å². The summed E-state index contributed by atoms with van der Waals surface area (Å²) in [5.41, 5.74) is 2.91. The lowest BCUT2D eigenvalue weighted by Gasteiger charge is -2.15. The summed E-state index contributed by atoms with van der Waals surface area (Å²) in [5.74, 6) is 0.